The number of hydrogen-bond donors (Lipinski definition) is 2. The number of aliphatic imine (C=N–C) groups is 1. The maximum absolute atomic E-state index is 5.80. The lowest BCUT2D eigenvalue weighted by molar-refractivity contribution is -0.0161. The molecule has 0 saturated carbocycles. The Morgan fingerprint density at radius 1 is 1.30 bits per heavy atom. The molecule has 1 aliphatic rings. The van der Waals surface area contributed by atoms with E-state index in [-0.39, 0.29) is 6.10 Å². The van der Waals surface area contributed by atoms with Gasteiger partial charge in [-0.15, -0.1) is 0 Å². The van der Waals surface area contributed by atoms with Gasteiger partial charge in [0.25, 0.3) is 0 Å². The third-order valence-corrected chi connectivity index (χ3v) is 4.74. The van der Waals surface area contributed by atoms with Crippen LogP contribution in [0.5, 0.6) is 0 Å². The molecule has 1 aliphatic heterocycles. The first-order valence-corrected chi connectivity index (χ1v) is 9.43. The van der Waals surface area contributed by atoms with E-state index in [1.54, 1.807) is 7.05 Å². The van der Waals surface area contributed by atoms with Gasteiger partial charge in [0.1, 0.15) is 0 Å². The molecule has 1 aromatic carbocycles. The summed E-state index contributed by atoms with van der Waals surface area (Å²) in [6.07, 6.45) is 0.185. The van der Waals surface area contributed by atoms with E-state index < -0.39 is 0 Å². The van der Waals surface area contributed by atoms with Crippen molar-refractivity contribution in [3.63, 3.8) is 0 Å². The van der Waals surface area contributed by atoms with Crippen LogP contribution < -0.4 is 10.6 Å². The minimum atomic E-state index is 0.185. The Labute approximate surface area is 161 Å². The quantitative estimate of drug-likeness (QED) is 0.617. The number of ether oxygens (including phenoxy) is 1. The third-order valence-electron chi connectivity index (χ3n) is 4.74. The van der Waals surface area contributed by atoms with Crippen LogP contribution >= 0.6 is 0 Å². The maximum Gasteiger partial charge on any atom is 0.191 e. The molecule has 2 aromatic rings. The van der Waals surface area contributed by atoms with Crippen molar-refractivity contribution < 1.29 is 4.74 Å². The average molecular weight is 371 g/mol. The minimum Gasteiger partial charge on any atom is -0.374 e. The van der Waals surface area contributed by atoms with Crippen LogP contribution in [0.15, 0.2) is 35.3 Å². The van der Waals surface area contributed by atoms with Gasteiger partial charge in [0.15, 0.2) is 5.96 Å². The van der Waals surface area contributed by atoms with E-state index in [2.05, 4.69) is 57.8 Å². The molecule has 1 unspecified atom stereocenters. The first-order valence-electron chi connectivity index (χ1n) is 9.43. The second kappa shape index (κ2) is 9.01. The molecule has 7 nitrogen and oxygen atoms in total. The zero-order valence-electron chi connectivity index (χ0n) is 16.7. The summed E-state index contributed by atoms with van der Waals surface area (Å²) in [4.78, 5) is 6.62. The minimum absolute atomic E-state index is 0.185. The Morgan fingerprint density at radius 3 is 2.81 bits per heavy atom. The lowest BCUT2D eigenvalue weighted by atomic mass is 10.1. The average Bonchev–Trinajstić information content (AvgIpc) is 3.00. The van der Waals surface area contributed by atoms with Crippen molar-refractivity contribution in [1.82, 2.24) is 25.3 Å². The van der Waals surface area contributed by atoms with Crippen LogP contribution in [0, 0.1) is 13.8 Å². The van der Waals surface area contributed by atoms with Crippen LogP contribution in [0.4, 0.5) is 0 Å². The van der Waals surface area contributed by atoms with Gasteiger partial charge in [-0.3, -0.25) is 4.99 Å². The number of guanidine groups is 1. The number of nitrogens with zero attached hydrogens (tertiary/aromatic N) is 4. The topological polar surface area (TPSA) is 66.7 Å². The van der Waals surface area contributed by atoms with Gasteiger partial charge in [0, 0.05) is 38.9 Å². The number of nitrogens with one attached hydrogen (secondary N) is 2. The number of likely N-dealkylation sites (N-methyl/N-ethyl adjacent to an activating group) is 1. The second-order valence-corrected chi connectivity index (χ2v) is 7.03. The van der Waals surface area contributed by atoms with Crippen molar-refractivity contribution in [2.24, 2.45) is 4.99 Å². The Hall–Kier alpha value is -2.38. The van der Waals surface area contributed by atoms with E-state index in [1.165, 1.54) is 5.56 Å². The van der Waals surface area contributed by atoms with Gasteiger partial charge >= 0.3 is 0 Å². The number of benzene rings is 1. The zero-order chi connectivity index (χ0) is 19.2. The highest BCUT2D eigenvalue weighted by atomic mass is 16.5. The molecule has 27 heavy (non-hydrogen) atoms. The van der Waals surface area contributed by atoms with Crippen molar-refractivity contribution in [2.45, 2.75) is 26.5 Å². The summed E-state index contributed by atoms with van der Waals surface area (Å²) in [6.45, 7) is 8.21. The van der Waals surface area contributed by atoms with E-state index in [9.17, 15) is 0 Å². The number of morpholine rings is 1. The molecule has 0 radical (unpaired) electrons. The molecular formula is C20H30N6O. The highest BCUT2D eigenvalue weighted by Gasteiger charge is 2.17. The predicted molar refractivity (Wildman–Crippen MR) is 108 cm³/mol. The fraction of sp³-hybridized carbons (Fsp3) is 0.500. The van der Waals surface area contributed by atoms with Gasteiger partial charge in [-0.05, 0) is 38.6 Å². The normalized spacial score (nSPS) is 18.5. The molecule has 7 heteroatoms. The van der Waals surface area contributed by atoms with Gasteiger partial charge in [-0.25, -0.2) is 4.68 Å². The molecule has 1 fully saturated rings. The van der Waals surface area contributed by atoms with Gasteiger partial charge in [-0.1, -0.05) is 18.2 Å². The van der Waals surface area contributed by atoms with Crippen LogP contribution in [-0.2, 0) is 11.3 Å². The number of para-hydroxylation sites is 1. The van der Waals surface area contributed by atoms with Crippen LogP contribution in [0.25, 0.3) is 5.69 Å². The standard InChI is InChI=1S/C20H30N6O/c1-15-11-16(2)26(24-15)19-8-6-5-7-17(19)12-22-20(21-3)23-13-18-14-25(4)9-10-27-18/h5-8,11,18H,9-10,12-14H2,1-4H3,(H2,21,22,23). The predicted octanol–water partition coefficient (Wildman–Crippen LogP) is 1.48. The van der Waals surface area contributed by atoms with Crippen molar-refractivity contribution in [3.05, 3.63) is 47.3 Å². The molecule has 146 valence electrons. The number of rotatable bonds is 5. The lowest BCUT2D eigenvalue weighted by Crippen LogP contribution is -2.48. The molecule has 1 atom stereocenters. The molecule has 0 amide bonds. The highest BCUT2D eigenvalue weighted by Crippen LogP contribution is 2.16. The van der Waals surface area contributed by atoms with Crippen LogP contribution in [-0.4, -0.2) is 67.1 Å². The van der Waals surface area contributed by atoms with E-state index >= 15 is 0 Å². The van der Waals surface area contributed by atoms with E-state index in [0.29, 0.717) is 6.54 Å². The van der Waals surface area contributed by atoms with Gasteiger partial charge in [0.2, 0.25) is 0 Å². The fourth-order valence-electron chi connectivity index (χ4n) is 3.34. The van der Waals surface area contributed by atoms with Crippen molar-refractivity contribution in [1.29, 1.82) is 0 Å². The molecule has 2 N–H and O–H groups in total. The van der Waals surface area contributed by atoms with Crippen molar-refractivity contribution in [2.75, 3.05) is 40.3 Å². The molecule has 0 spiro atoms. The Bertz CT molecular complexity index is 785. The van der Waals surface area contributed by atoms with E-state index in [0.717, 1.165) is 49.3 Å². The summed E-state index contributed by atoms with van der Waals surface area (Å²) in [5.41, 5.74) is 4.40. The first kappa shape index (κ1) is 19.4. The van der Waals surface area contributed by atoms with Gasteiger partial charge in [-0.2, -0.15) is 5.10 Å². The second-order valence-electron chi connectivity index (χ2n) is 7.03. The number of aryl methyl sites for hydroxylation is 2. The number of hydrogen-bond acceptors (Lipinski definition) is 4. The summed E-state index contributed by atoms with van der Waals surface area (Å²) in [5, 5.41) is 11.4. The highest BCUT2D eigenvalue weighted by molar-refractivity contribution is 5.79. The zero-order valence-corrected chi connectivity index (χ0v) is 16.7. The van der Waals surface area contributed by atoms with Crippen LogP contribution in [0.2, 0.25) is 0 Å². The monoisotopic (exact) mass is 370 g/mol. The molecule has 0 aliphatic carbocycles. The van der Waals surface area contributed by atoms with Gasteiger partial charge < -0.3 is 20.3 Å². The Balaban J connectivity index is 1.61. The van der Waals surface area contributed by atoms with Gasteiger partial charge in [0.05, 0.1) is 24.1 Å². The molecular weight excluding hydrogens is 340 g/mol. The van der Waals surface area contributed by atoms with Crippen LogP contribution in [0.1, 0.15) is 17.0 Å². The molecule has 3 rings (SSSR count). The summed E-state index contributed by atoms with van der Waals surface area (Å²) in [7, 11) is 3.91. The Morgan fingerprint density at radius 2 is 2.11 bits per heavy atom. The van der Waals surface area contributed by atoms with Crippen LogP contribution in [0.3, 0.4) is 0 Å². The summed E-state index contributed by atoms with van der Waals surface area (Å²) < 4.78 is 7.79. The molecule has 2 heterocycles. The largest absolute Gasteiger partial charge is 0.374 e. The summed E-state index contributed by atoms with van der Waals surface area (Å²) in [5.74, 6) is 0.773. The fourth-order valence-corrected chi connectivity index (χ4v) is 3.34. The SMILES string of the molecule is CN=C(NCc1ccccc1-n1nc(C)cc1C)NCC1CN(C)CCO1. The Kier molecular flexibility index (Phi) is 6.47. The first-order chi connectivity index (χ1) is 13.1. The molecule has 1 saturated heterocycles. The maximum atomic E-state index is 5.80. The third kappa shape index (κ3) is 5.08. The summed E-state index contributed by atoms with van der Waals surface area (Å²) >= 11 is 0. The summed E-state index contributed by atoms with van der Waals surface area (Å²) in [6, 6.07) is 10.4. The smallest absolute Gasteiger partial charge is 0.191 e. The molecule has 0 bridgehead atoms. The van der Waals surface area contributed by atoms with E-state index in [1.807, 2.05) is 23.7 Å². The van der Waals surface area contributed by atoms with Crippen molar-refractivity contribution >= 4 is 5.96 Å². The lowest BCUT2D eigenvalue weighted by Gasteiger charge is -2.30. The number of aromatic nitrogens is 2. The molecule has 1 aromatic heterocycles. The van der Waals surface area contributed by atoms with Crippen molar-refractivity contribution in [3.8, 4) is 5.69 Å². The van der Waals surface area contributed by atoms with E-state index in [4.69, 9.17) is 4.74 Å².